The molecule has 0 radical (unpaired) electrons. The van der Waals surface area contributed by atoms with Crippen LogP contribution in [0.3, 0.4) is 0 Å². The molecule has 0 spiro atoms. The van der Waals surface area contributed by atoms with Gasteiger partial charge in [0.1, 0.15) is 18.9 Å². The normalized spacial score (nSPS) is 14.8. The van der Waals surface area contributed by atoms with Crippen LogP contribution in [0.1, 0.15) is 0 Å². The number of fused-ring (bicyclic) bond motifs is 2. The van der Waals surface area contributed by atoms with Gasteiger partial charge in [-0.15, -0.1) is 10.2 Å². The summed E-state index contributed by atoms with van der Waals surface area (Å²) in [5.74, 6) is 0.536. The van der Waals surface area contributed by atoms with Crippen molar-refractivity contribution in [3.8, 4) is 11.8 Å². The van der Waals surface area contributed by atoms with E-state index in [-0.39, 0.29) is 43.9 Å². The number of allylic oxidation sites excluding steroid dienone is 2. The van der Waals surface area contributed by atoms with Crippen LogP contribution in [-0.2, 0) is 0 Å². The molecule has 5 rings (SSSR count). The second kappa shape index (κ2) is 9.90. The first-order valence-corrected chi connectivity index (χ1v) is 11.1. The van der Waals surface area contributed by atoms with E-state index in [4.69, 9.17) is 25.6 Å². The van der Waals surface area contributed by atoms with E-state index >= 15 is 0 Å². The fraction of sp³-hybridized carbons (Fsp3) is 0.167. The number of nitrogens with zero attached hydrogens (tertiary/aromatic N) is 5. The van der Waals surface area contributed by atoms with Gasteiger partial charge in [0.05, 0.1) is 47.1 Å². The van der Waals surface area contributed by atoms with Gasteiger partial charge in [-0.2, -0.15) is 0 Å². The quantitative estimate of drug-likeness (QED) is 0.222. The Morgan fingerprint density at radius 3 is 2.28 bits per heavy atom. The second-order valence-electron chi connectivity index (χ2n) is 7.73. The highest BCUT2D eigenvalue weighted by molar-refractivity contribution is 6.24. The van der Waals surface area contributed by atoms with Crippen molar-refractivity contribution in [2.75, 3.05) is 31.7 Å². The van der Waals surface area contributed by atoms with Crippen LogP contribution in [0.15, 0.2) is 77.3 Å². The van der Waals surface area contributed by atoms with E-state index in [2.05, 4.69) is 15.5 Å². The zero-order valence-corrected chi connectivity index (χ0v) is 19.1. The molecule has 0 aliphatic heterocycles. The number of nitrogens with two attached hydrogens (primary N) is 1. The molecule has 12 nitrogen and oxygen atoms in total. The molecule has 0 saturated heterocycles. The van der Waals surface area contributed by atoms with Gasteiger partial charge in [0, 0.05) is 12.4 Å². The fourth-order valence-corrected chi connectivity index (χ4v) is 3.71. The smallest absolute Gasteiger partial charge is 0.260 e. The molecule has 4 aromatic rings. The average Bonchev–Trinajstić information content (AvgIpc) is 3.42. The third-order valence-corrected chi connectivity index (χ3v) is 5.31. The Labute approximate surface area is 205 Å². The highest BCUT2D eigenvalue weighted by Gasteiger charge is 2.21. The van der Waals surface area contributed by atoms with Gasteiger partial charge in [0.15, 0.2) is 5.69 Å². The van der Waals surface area contributed by atoms with Crippen molar-refractivity contribution in [3.05, 3.63) is 72.3 Å². The van der Waals surface area contributed by atoms with E-state index in [1.807, 2.05) is 36.4 Å². The third kappa shape index (κ3) is 4.37. The number of pyridine rings is 2. The van der Waals surface area contributed by atoms with Crippen molar-refractivity contribution in [1.29, 1.82) is 5.41 Å². The van der Waals surface area contributed by atoms with Crippen molar-refractivity contribution in [3.63, 3.8) is 0 Å². The number of aromatic nitrogens is 4. The minimum Gasteiger partial charge on any atom is -0.473 e. The summed E-state index contributed by atoms with van der Waals surface area (Å²) < 4.78 is 14.5. The number of rotatable bonds is 9. The Balaban J connectivity index is 1.56. The summed E-state index contributed by atoms with van der Waals surface area (Å²) in [5.41, 5.74) is 9.90. The Kier molecular flexibility index (Phi) is 6.34. The maximum Gasteiger partial charge on any atom is 0.260 e. The number of nitrogens with one attached hydrogen (secondary N) is 2. The summed E-state index contributed by atoms with van der Waals surface area (Å²) >= 11 is 0. The molecular weight excluding hydrogens is 464 g/mol. The van der Waals surface area contributed by atoms with E-state index in [0.717, 1.165) is 5.52 Å². The van der Waals surface area contributed by atoms with Gasteiger partial charge in [-0.3, -0.25) is 5.41 Å². The summed E-state index contributed by atoms with van der Waals surface area (Å²) in [6.45, 7) is -0.203. The lowest BCUT2D eigenvalue weighted by Gasteiger charge is -2.16. The lowest BCUT2D eigenvalue weighted by Crippen LogP contribution is -2.22. The predicted molar refractivity (Wildman–Crippen MR) is 134 cm³/mol. The van der Waals surface area contributed by atoms with E-state index in [9.17, 15) is 10.2 Å². The molecule has 12 heteroatoms. The van der Waals surface area contributed by atoms with Crippen molar-refractivity contribution in [2.24, 2.45) is 10.7 Å². The van der Waals surface area contributed by atoms with Crippen LogP contribution in [0.5, 0.6) is 11.8 Å². The SMILES string of the molecule is N=C1C=C(N)C(=Nc2c(OCCO)nn3ccccc23)C=C1Nc1c(OCCO)nn2ccccc12. The lowest BCUT2D eigenvalue weighted by atomic mass is 10.0. The number of aliphatic hydroxyl groups is 2. The van der Waals surface area contributed by atoms with Crippen LogP contribution in [-0.4, -0.2) is 67.3 Å². The molecule has 0 unspecified atom stereocenters. The van der Waals surface area contributed by atoms with Gasteiger partial charge in [0.25, 0.3) is 11.8 Å². The predicted octanol–water partition coefficient (Wildman–Crippen LogP) is 1.67. The van der Waals surface area contributed by atoms with E-state index in [1.54, 1.807) is 27.5 Å². The minimum atomic E-state index is -0.169. The van der Waals surface area contributed by atoms with Gasteiger partial charge >= 0.3 is 0 Å². The number of ether oxygens (including phenoxy) is 2. The second-order valence-corrected chi connectivity index (χ2v) is 7.73. The highest BCUT2D eigenvalue weighted by Crippen LogP contribution is 2.34. The van der Waals surface area contributed by atoms with Crippen LogP contribution in [0.2, 0.25) is 0 Å². The van der Waals surface area contributed by atoms with Crippen LogP contribution in [0, 0.1) is 5.41 Å². The number of aliphatic imine (C=N–C) groups is 1. The first-order valence-electron chi connectivity index (χ1n) is 11.1. The zero-order chi connectivity index (χ0) is 25.1. The molecule has 0 fully saturated rings. The van der Waals surface area contributed by atoms with Crippen LogP contribution >= 0.6 is 0 Å². The topological polar surface area (TPSA) is 168 Å². The van der Waals surface area contributed by atoms with Gasteiger partial charge in [0.2, 0.25) is 0 Å². The first kappa shape index (κ1) is 23.1. The number of hydrogen-bond acceptors (Lipinski definition) is 10. The Morgan fingerprint density at radius 2 is 1.56 bits per heavy atom. The average molecular weight is 489 g/mol. The number of hydrogen-bond donors (Lipinski definition) is 5. The first-order chi connectivity index (χ1) is 17.6. The molecule has 4 aromatic heterocycles. The molecule has 1 aliphatic rings. The molecule has 4 heterocycles. The van der Waals surface area contributed by atoms with Crippen LogP contribution in [0.4, 0.5) is 11.4 Å². The molecule has 0 amide bonds. The van der Waals surface area contributed by atoms with Crippen LogP contribution in [0.25, 0.3) is 11.0 Å². The monoisotopic (exact) mass is 488 g/mol. The molecular formula is C24H24N8O4. The highest BCUT2D eigenvalue weighted by atomic mass is 16.5. The summed E-state index contributed by atoms with van der Waals surface area (Å²) in [5, 5.41) is 38.9. The molecule has 0 aromatic carbocycles. The minimum absolute atomic E-state index is 0.0612. The molecule has 0 bridgehead atoms. The standard InChI is InChI=1S/C24H24N8O4/c25-15-13-16(26)18(28-22-20-6-2-4-8-32(20)30-24(22)36-12-10-34)14-17(15)27-21-19-5-1-3-7-31(19)29-23(21)35-11-9-33/h1-8,13-14,25,27,33-34H,9-12,26H2. The molecule has 0 saturated carbocycles. The summed E-state index contributed by atoms with van der Waals surface area (Å²) in [6, 6.07) is 11.1. The van der Waals surface area contributed by atoms with Crippen molar-refractivity contribution in [1.82, 2.24) is 19.2 Å². The zero-order valence-electron chi connectivity index (χ0n) is 19.1. The van der Waals surface area contributed by atoms with Gasteiger partial charge < -0.3 is 30.7 Å². The van der Waals surface area contributed by atoms with Crippen LogP contribution < -0.4 is 20.5 Å². The lowest BCUT2D eigenvalue weighted by molar-refractivity contribution is 0.197. The molecule has 1 aliphatic carbocycles. The molecule has 184 valence electrons. The van der Waals surface area contributed by atoms with Gasteiger partial charge in [-0.25, -0.2) is 14.0 Å². The summed E-state index contributed by atoms with van der Waals surface area (Å²) in [6.07, 6.45) is 6.70. The number of aliphatic hydroxyl groups excluding tert-OH is 2. The van der Waals surface area contributed by atoms with E-state index in [0.29, 0.717) is 34.0 Å². The largest absolute Gasteiger partial charge is 0.473 e. The number of anilines is 1. The molecule has 0 atom stereocenters. The van der Waals surface area contributed by atoms with Crippen molar-refractivity contribution in [2.45, 2.75) is 0 Å². The van der Waals surface area contributed by atoms with Crippen molar-refractivity contribution < 1.29 is 19.7 Å². The molecule has 6 N–H and O–H groups in total. The van der Waals surface area contributed by atoms with E-state index in [1.165, 1.54) is 6.08 Å². The Bertz CT molecular complexity index is 1530. The Morgan fingerprint density at radius 1 is 0.917 bits per heavy atom. The van der Waals surface area contributed by atoms with Gasteiger partial charge in [-0.05, 0) is 36.4 Å². The van der Waals surface area contributed by atoms with E-state index < -0.39 is 0 Å². The summed E-state index contributed by atoms with van der Waals surface area (Å²) in [7, 11) is 0. The maximum atomic E-state index is 9.20. The summed E-state index contributed by atoms with van der Waals surface area (Å²) in [4.78, 5) is 4.72. The Hall–Kier alpha value is -4.68. The van der Waals surface area contributed by atoms with Crippen molar-refractivity contribution >= 4 is 33.8 Å². The fourth-order valence-electron chi connectivity index (χ4n) is 3.71. The van der Waals surface area contributed by atoms with Gasteiger partial charge in [-0.1, -0.05) is 12.1 Å². The third-order valence-electron chi connectivity index (χ3n) is 5.31. The molecule has 36 heavy (non-hydrogen) atoms. The maximum absolute atomic E-state index is 9.20.